The van der Waals surface area contributed by atoms with Crippen LogP contribution in [0.1, 0.15) is 33.1 Å². The highest BCUT2D eigenvalue weighted by Gasteiger charge is 2.19. The normalized spacial score (nSPS) is 11.0. The molecule has 0 saturated heterocycles. The van der Waals surface area contributed by atoms with E-state index in [0.717, 1.165) is 28.3 Å². The molecule has 0 saturated carbocycles. The van der Waals surface area contributed by atoms with Crippen molar-refractivity contribution in [2.24, 2.45) is 0 Å². The van der Waals surface area contributed by atoms with Crippen LogP contribution in [-0.4, -0.2) is 28.0 Å². The van der Waals surface area contributed by atoms with Crippen molar-refractivity contribution >= 4 is 29.3 Å². The number of aryl methyl sites for hydroxylation is 2. The fourth-order valence-electron chi connectivity index (χ4n) is 3.26. The molecule has 0 spiro atoms. The molecule has 4 rings (SSSR count). The van der Waals surface area contributed by atoms with Crippen LogP contribution in [-0.2, 0) is 12.3 Å². The van der Waals surface area contributed by atoms with Gasteiger partial charge in [-0.05, 0) is 62.4 Å². The molecule has 3 aromatic heterocycles. The summed E-state index contributed by atoms with van der Waals surface area (Å²) < 4.78 is 11.2. The Bertz CT molecular complexity index is 1210. The predicted molar refractivity (Wildman–Crippen MR) is 125 cm³/mol. The van der Waals surface area contributed by atoms with E-state index in [9.17, 15) is 4.79 Å². The summed E-state index contributed by atoms with van der Waals surface area (Å²) >= 11 is 7.45. The van der Waals surface area contributed by atoms with Gasteiger partial charge in [-0.15, -0.1) is 11.8 Å². The van der Waals surface area contributed by atoms with Gasteiger partial charge >= 0.3 is 0 Å². The van der Waals surface area contributed by atoms with Gasteiger partial charge in [0.2, 0.25) is 0 Å². The quantitative estimate of drug-likeness (QED) is 0.303. The number of amides is 1. The Morgan fingerprint density at radius 3 is 2.62 bits per heavy atom. The number of rotatable bonds is 7. The van der Waals surface area contributed by atoms with Gasteiger partial charge in [-0.3, -0.25) is 4.79 Å². The lowest BCUT2D eigenvalue weighted by atomic mass is 10.2. The number of hydrogen-bond donors (Lipinski definition) is 0. The van der Waals surface area contributed by atoms with Crippen LogP contribution in [0.3, 0.4) is 0 Å². The summed E-state index contributed by atoms with van der Waals surface area (Å²) in [5, 5.41) is 5.33. The largest absolute Gasteiger partial charge is 0.459 e. The van der Waals surface area contributed by atoms with Crippen LogP contribution in [0.2, 0.25) is 5.02 Å². The second kappa shape index (κ2) is 9.63. The molecule has 32 heavy (non-hydrogen) atoms. The average Bonchev–Trinajstić information content (AvgIpc) is 3.38. The molecule has 0 bridgehead atoms. The van der Waals surface area contributed by atoms with Crippen LogP contribution >= 0.6 is 23.4 Å². The van der Waals surface area contributed by atoms with Crippen molar-refractivity contribution in [3.63, 3.8) is 0 Å². The van der Waals surface area contributed by atoms with E-state index in [1.807, 2.05) is 50.2 Å². The minimum absolute atomic E-state index is 0.121. The van der Waals surface area contributed by atoms with Gasteiger partial charge in [-0.25, -0.2) is 4.98 Å². The van der Waals surface area contributed by atoms with E-state index >= 15 is 0 Å². The number of benzene rings is 1. The van der Waals surface area contributed by atoms with E-state index in [2.05, 4.69) is 10.1 Å². The molecule has 0 atom stereocenters. The first-order valence-electron chi connectivity index (χ1n) is 10.0. The van der Waals surface area contributed by atoms with Crippen molar-refractivity contribution in [2.75, 3.05) is 7.05 Å². The predicted octanol–water partition coefficient (Wildman–Crippen LogP) is 6.16. The van der Waals surface area contributed by atoms with E-state index < -0.39 is 0 Å². The first-order chi connectivity index (χ1) is 15.4. The van der Waals surface area contributed by atoms with Crippen LogP contribution in [0.25, 0.3) is 11.3 Å². The Balaban J connectivity index is 1.46. The summed E-state index contributed by atoms with van der Waals surface area (Å²) in [4.78, 5) is 19.2. The molecule has 1 amide bonds. The third-order valence-electron chi connectivity index (χ3n) is 5.07. The molecule has 0 N–H and O–H groups in total. The highest BCUT2D eigenvalue weighted by atomic mass is 35.5. The molecule has 0 aliphatic heterocycles. The minimum Gasteiger partial charge on any atom is -0.459 e. The van der Waals surface area contributed by atoms with Crippen LogP contribution in [0.5, 0.6) is 0 Å². The van der Waals surface area contributed by atoms with Crippen molar-refractivity contribution in [3.8, 4) is 11.3 Å². The molecule has 6 nitrogen and oxygen atoms in total. The van der Waals surface area contributed by atoms with E-state index in [-0.39, 0.29) is 5.91 Å². The smallest absolute Gasteiger partial charge is 0.256 e. The third kappa shape index (κ3) is 4.89. The molecule has 0 aliphatic carbocycles. The zero-order valence-corrected chi connectivity index (χ0v) is 19.5. The highest BCUT2D eigenvalue weighted by molar-refractivity contribution is 7.98. The van der Waals surface area contributed by atoms with Gasteiger partial charge in [0.25, 0.3) is 5.91 Å². The third-order valence-corrected chi connectivity index (χ3v) is 6.35. The molecule has 164 valence electrons. The summed E-state index contributed by atoms with van der Waals surface area (Å²) in [5.74, 6) is 2.72. The number of thioether (sulfide) groups is 1. The SMILES string of the molecule is Cc1noc(C)c1CSc1ncccc1C(=O)N(C)Cc1ccc(-c2ccc(Cl)cc2)o1. The van der Waals surface area contributed by atoms with Gasteiger partial charge in [-0.1, -0.05) is 16.8 Å². The number of halogens is 1. The topological polar surface area (TPSA) is 72.4 Å². The van der Waals surface area contributed by atoms with E-state index in [1.54, 1.807) is 30.3 Å². The molecule has 3 heterocycles. The molecule has 8 heteroatoms. The van der Waals surface area contributed by atoms with Crippen molar-refractivity contribution in [1.82, 2.24) is 15.0 Å². The van der Waals surface area contributed by atoms with E-state index in [0.29, 0.717) is 33.7 Å². The molecule has 0 radical (unpaired) electrons. The monoisotopic (exact) mass is 467 g/mol. The van der Waals surface area contributed by atoms with Gasteiger partial charge in [0.05, 0.1) is 17.8 Å². The lowest BCUT2D eigenvalue weighted by Gasteiger charge is -2.17. The number of aromatic nitrogens is 2. The van der Waals surface area contributed by atoms with Crippen molar-refractivity contribution in [2.45, 2.75) is 31.2 Å². The number of carbonyl (C=O) groups excluding carboxylic acids is 1. The maximum atomic E-state index is 13.2. The maximum Gasteiger partial charge on any atom is 0.256 e. The van der Waals surface area contributed by atoms with Gasteiger partial charge in [0.15, 0.2) is 0 Å². The second-order valence-electron chi connectivity index (χ2n) is 7.38. The number of furan rings is 1. The highest BCUT2D eigenvalue weighted by Crippen LogP contribution is 2.28. The summed E-state index contributed by atoms with van der Waals surface area (Å²) in [7, 11) is 1.75. The molecule has 0 aliphatic rings. The molecular weight excluding hydrogens is 446 g/mol. The maximum absolute atomic E-state index is 13.2. The molecule has 0 unspecified atom stereocenters. The fourth-order valence-corrected chi connectivity index (χ4v) is 4.53. The molecule has 4 aromatic rings. The van der Waals surface area contributed by atoms with Crippen molar-refractivity contribution < 1.29 is 13.7 Å². The van der Waals surface area contributed by atoms with Crippen LogP contribution < -0.4 is 0 Å². The number of hydrogen-bond acceptors (Lipinski definition) is 6. The van der Waals surface area contributed by atoms with Gasteiger partial charge in [0.1, 0.15) is 22.3 Å². The first-order valence-corrected chi connectivity index (χ1v) is 11.4. The lowest BCUT2D eigenvalue weighted by molar-refractivity contribution is 0.0771. The Morgan fingerprint density at radius 2 is 1.91 bits per heavy atom. The Kier molecular flexibility index (Phi) is 6.67. The minimum atomic E-state index is -0.121. The van der Waals surface area contributed by atoms with E-state index in [1.165, 1.54) is 11.8 Å². The zero-order chi connectivity index (χ0) is 22.7. The second-order valence-corrected chi connectivity index (χ2v) is 8.78. The van der Waals surface area contributed by atoms with Crippen LogP contribution in [0, 0.1) is 13.8 Å². The summed E-state index contributed by atoms with van der Waals surface area (Å²) in [6, 6.07) is 14.8. The molecular formula is C24H22ClN3O3S. The zero-order valence-electron chi connectivity index (χ0n) is 18.0. The number of carbonyl (C=O) groups is 1. The Labute approximate surface area is 195 Å². The van der Waals surface area contributed by atoms with Crippen LogP contribution in [0.4, 0.5) is 0 Å². The average molecular weight is 468 g/mol. The summed E-state index contributed by atoms with van der Waals surface area (Å²) in [6.07, 6.45) is 1.69. The molecule has 1 aromatic carbocycles. The van der Waals surface area contributed by atoms with Crippen molar-refractivity contribution in [3.05, 3.63) is 88.1 Å². The van der Waals surface area contributed by atoms with Gasteiger partial charge in [0, 0.05) is 35.1 Å². The first kappa shape index (κ1) is 22.2. The van der Waals surface area contributed by atoms with Crippen molar-refractivity contribution in [1.29, 1.82) is 0 Å². The fraction of sp³-hybridized carbons (Fsp3) is 0.208. The lowest BCUT2D eigenvalue weighted by Crippen LogP contribution is -2.26. The van der Waals surface area contributed by atoms with E-state index in [4.69, 9.17) is 20.5 Å². The van der Waals surface area contributed by atoms with Gasteiger partial charge < -0.3 is 13.8 Å². The standard InChI is InChI=1S/C24H22ClN3O3S/c1-15-21(16(2)31-27-15)14-32-23-20(5-4-12-26-23)24(29)28(3)13-19-10-11-22(30-19)17-6-8-18(25)9-7-17/h4-12H,13-14H2,1-3H3. The van der Waals surface area contributed by atoms with Crippen LogP contribution in [0.15, 0.2) is 68.7 Å². The Hall–Kier alpha value is -3.03. The molecule has 0 fully saturated rings. The number of pyridine rings is 1. The van der Waals surface area contributed by atoms with Gasteiger partial charge in [-0.2, -0.15) is 0 Å². The number of nitrogens with zero attached hydrogens (tertiary/aromatic N) is 3. The summed E-state index contributed by atoms with van der Waals surface area (Å²) in [5.41, 5.74) is 3.36. The Morgan fingerprint density at radius 1 is 1.12 bits per heavy atom. The summed E-state index contributed by atoms with van der Waals surface area (Å²) in [6.45, 7) is 4.14.